The lowest BCUT2D eigenvalue weighted by atomic mass is 10.2. The quantitative estimate of drug-likeness (QED) is 0.788. The van der Waals surface area contributed by atoms with Crippen LogP contribution in [0.4, 0.5) is 11.4 Å². The van der Waals surface area contributed by atoms with Gasteiger partial charge in [0.15, 0.2) is 0 Å². The van der Waals surface area contributed by atoms with Crippen molar-refractivity contribution in [1.82, 2.24) is 0 Å². The molecule has 122 valence electrons. The second-order valence-electron chi connectivity index (χ2n) is 5.03. The number of amides is 1. The van der Waals surface area contributed by atoms with Gasteiger partial charge in [0.2, 0.25) is 5.91 Å². The molecule has 0 unspecified atom stereocenters. The smallest absolute Gasteiger partial charge is 0.226 e. The second kappa shape index (κ2) is 8.09. The van der Waals surface area contributed by atoms with E-state index in [9.17, 15) is 4.79 Å². The normalized spacial score (nSPS) is 10.3. The van der Waals surface area contributed by atoms with E-state index in [1.165, 1.54) is 0 Å². The molecule has 0 saturated carbocycles. The fourth-order valence-electron chi connectivity index (χ4n) is 2.02. The van der Waals surface area contributed by atoms with Gasteiger partial charge in [-0.25, -0.2) is 0 Å². The zero-order valence-electron chi connectivity index (χ0n) is 13.0. The van der Waals surface area contributed by atoms with Crippen molar-refractivity contribution < 1.29 is 9.53 Å². The summed E-state index contributed by atoms with van der Waals surface area (Å²) in [6.07, 6.45) is 0.307. The number of carbonyl (C=O) groups excluding carboxylic acids is 1. The average molecular weight is 353 g/mol. The molecule has 2 rings (SSSR count). The van der Waals surface area contributed by atoms with Gasteiger partial charge in [-0.15, -0.1) is 0 Å². The molecule has 4 nitrogen and oxygen atoms in total. The molecule has 0 atom stereocenters. The number of halogens is 2. The molecular formula is C17H18Cl2N2O2. The number of methoxy groups -OCH3 is 1. The number of aryl methyl sites for hydroxylation is 1. The summed E-state index contributed by atoms with van der Waals surface area (Å²) in [4.78, 5) is 12.0. The molecule has 2 aromatic rings. The SMILES string of the molecule is COc1ccc(Cl)cc1NCCC(=O)Nc1ccc(C)c(Cl)c1. The second-order valence-corrected chi connectivity index (χ2v) is 5.88. The zero-order chi connectivity index (χ0) is 16.8. The van der Waals surface area contributed by atoms with Gasteiger partial charge in [0, 0.05) is 28.7 Å². The molecule has 2 N–H and O–H groups in total. The van der Waals surface area contributed by atoms with Crippen molar-refractivity contribution in [1.29, 1.82) is 0 Å². The summed E-state index contributed by atoms with van der Waals surface area (Å²) in [6.45, 7) is 2.37. The van der Waals surface area contributed by atoms with Gasteiger partial charge in [-0.3, -0.25) is 4.79 Å². The molecule has 0 aliphatic heterocycles. The van der Waals surface area contributed by atoms with Gasteiger partial charge in [0.1, 0.15) is 5.75 Å². The molecule has 0 bridgehead atoms. The Kier molecular flexibility index (Phi) is 6.13. The Hall–Kier alpha value is -1.91. The third-order valence-corrected chi connectivity index (χ3v) is 3.93. The van der Waals surface area contributed by atoms with E-state index in [1.54, 1.807) is 31.4 Å². The largest absolute Gasteiger partial charge is 0.495 e. The molecule has 0 radical (unpaired) electrons. The molecule has 1 amide bonds. The maximum Gasteiger partial charge on any atom is 0.226 e. The molecule has 6 heteroatoms. The average Bonchev–Trinajstić information content (AvgIpc) is 2.51. The van der Waals surface area contributed by atoms with Crippen molar-refractivity contribution in [2.24, 2.45) is 0 Å². The first-order chi connectivity index (χ1) is 11.0. The highest BCUT2D eigenvalue weighted by Crippen LogP contribution is 2.27. The summed E-state index contributed by atoms with van der Waals surface area (Å²) in [5.74, 6) is 0.582. The van der Waals surface area contributed by atoms with E-state index in [0.29, 0.717) is 34.4 Å². The molecule has 0 aliphatic rings. The highest BCUT2D eigenvalue weighted by molar-refractivity contribution is 6.31. The van der Waals surface area contributed by atoms with Crippen LogP contribution in [0.5, 0.6) is 5.75 Å². The van der Waals surface area contributed by atoms with Gasteiger partial charge < -0.3 is 15.4 Å². The van der Waals surface area contributed by atoms with Crippen LogP contribution in [0.15, 0.2) is 36.4 Å². The number of hydrogen-bond acceptors (Lipinski definition) is 3. The third-order valence-electron chi connectivity index (χ3n) is 3.28. The summed E-state index contributed by atoms with van der Waals surface area (Å²) in [7, 11) is 1.59. The monoisotopic (exact) mass is 352 g/mol. The predicted molar refractivity (Wildman–Crippen MR) is 95.9 cm³/mol. The number of hydrogen-bond donors (Lipinski definition) is 2. The van der Waals surface area contributed by atoms with Crippen LogP contribution in [0.3, 0.4) is 0 Å². The predicted octanol–water partition coefficient (Wildman–Crippen LogP) is 4.75. The van der Waals surface area contributed by atoms with Crippen LogP contribution < -0.4 is 15.4 Å². The van der Waals surface area contributed by atoms with E-state index < -0.39 is 0 Å². The van der Waals surface area contributed by atoms with Crippen LogP contribution >= 0.6 is 23.2 Å². The van der Waals surface area contributed by atoms with Gasteiger partial charge in [-0.2, -0.15) is 0 Å². The molecule has 0 spiro atoms. The van der Waals surface area contributed by atoms with Crippen LogP contribution in [-0.4, -0.2) is 19.6 Å². The van der Waals surface area contributed by atoms with Crippen molar-refractivity contribution in [2.45, 2.75) is 13.3 Å². The Labute approximate surface area is 145 Å². The number of benzene rings is 2. The van der Waals surface area contributed by atoms with Crippen LogP contribution in [-0.2, 0) is 4.79 Å². The van der Waals surface area contributed by atoms with Gasteiger partial charge in [0.05, 0.1) is 12.8 Å². The minimum absolute atomic E-state index is 0.0987. The summed E-state index contributed by atoms with van der Waals surface area (Å²) < 4.78 is 5.24. The van der Waals surface area contributed by atoms with Crippen molar-refractivity contribution in [3.8, 4) is 5.75 Å². The van der Waals surface area contributed by atoms with Crippen molar-refractivity contribution in [2.75, 3.05) is 24.3 Å². The standard InChI is InChI=1S/C17H18Cl2N2O2/c1-11-3-5-13(10-14(11)19)21-17(22)7-8-20-15-9-12(18)4-6-16(15)23-2/h3-6,9-10,20H,7-8H2,1-2H3,(H,21,22). The lowest BCUT2D eigenvalue weighted by Gasteiger charge is -2.12. The Morgan fingerprint density at radius 1 is 1.17 bits per heavy atom. The molecule has 23 heavy (non-hydrogen) atoms. The van der Waals surface area contributed by atoms with E-state index in [0.717, 1.165) is 11.3 Å². The molecule has 0 saturated heterocycles. The summed E-state index contributed by atoms with van der Waals surface area (Å²) in [5, 5.41) is 7.19. The van der Waals surface area contributed by atoms with Crippen molar-refractivity contribution >= 4 is 40.5 Å². The number of anilines is 2. The number of carbonyl (C=O) groups is 1. The lowest BCUT2D eigenvalue weighted by Crippen LogP contribution is -2.16. The molecule has 0 aromatic heterocycles. The van der Waals surface area contributed by atoms with Crippen LogP contribution in [0, 0.1) is 6.92 Å². The Bertz CT molecular complexity index is 705. The van der Waals surface area contributed by atoms with Gasteiger partial charge in [-0.05, 0) is 42.8 Å². The topological polar surface area (TPSA) is 50.4 Å². The van der Waals surface area contributed by atoms with E-state index in [2.05, 4.69) is 10.6 Å². The Morgan fingerprint density at radius 3 is 2.65 bits per heavy atom. The Balaban J connectivity index is 1.87. The summed E-state index contributed by atoms with van der Waals surface area (Å²) in [5.41, 5.74) is 2.41. The first kappa shape index (κ1) is 17.4. The fraction of sp³-hybridized carbons (Fsp3) is 0.235. The summed E-state index contributed by atoms with van der Waals surface area (Å²) >= 11 is 12.0. The molecule has 0 aliphatic carbocycles. The molecule has 2 aromatic carbocycles. The first-order valence-electron chi connectivity index (χ1n) is 7.13. The molecule has 0 fully saturated rings. The maximum atomic E-state index is 12.0. The van der Waals surface area contributed by atoms with Gasteiger partial charge in [-0.1, -0.05) is 29.3 Å². The van der Waals surface area contributed by atoms with Crippen molar-refractivity contribution in [3.63, 3.8) is 0 Å². The third kappa shape index (κ3) is 5.05. The maximum absolute atomic E-state index is 12.0. The van der Waals surface area contributed by atoms with E-state index in [4.69, 9.17) is 27.9 Å². The fourth-order valence-corrected chi connectivity index (χ4v) is 2.38. The lowest BCUT2D eigenvalue weighted by molar-refractivity contribution is -0.115. The van der Waals surface area contributed by atoms with Crippen molar-refractivity contribution in [3.05, 3.63) is 52.0 Å². The molecule has 0 heterocycles. The van der Waals surface area contributed by atoms with Gasteiger partial charge >= 0.3 is 0 Å². The van der Waals surface area contributed by atoms with Gasteiger partial charge in [0.25, 0.3) is 0 Å². The van der Waals surface area contributed by atoms with Crippen LogP contribution in [0.1, 0.15) is 12.0 Å². The highest BCUT2D eigenvalue weighted by atomic mass is 35.5. The zero-order valence-corrected chi connectivity index (χ0v) is 14.5. The molecular weight excluding hydrogens is 335 g/mol. The van der Waals surface area contributed by atoms with E-state index in [-0.39, 0.29) is 5.91 Å². The van der Waals surface area contributed by atoms with E-state index in [1.807, 2.05) is 19.1 Å². The number of ether oxygens (including phenoxy) is 1. The Morgan fingerprint density at radius 2 is 1.96 bits per heavy atom. The summed E-state index contributed by atoms with van der Waals surface area (Å²) in [6, 6.07) is 10.7. The highest BCUT2D eigenvalue weighted by Gasteiger charge is 2.06. The minimum atomic E-state index is -0.0987. The first-order valence-corrected chi connectivity index (χ1v) is 7.88. The van der Waals surface area contributed by atoms with E-state index >= 15 is 0 Å². The van der Waals surface area contributed by atoms with Crippen LogP contribution in [0.25, 0.3) is 0 Å². The number of nitrogens with one attached hydrogen (secondary N) is 2. The number of rotatable bonds is 6. The minimum Gasteiger partial charge on any atom is -0.495 e. The van der Waals surface area contributed by atoms with Crippen LogP contribution in [0.2, 0.25) is 10.0 Å².